The van der Waals surface area contributed by atoms with Crippen LogP contribution in [0.25, 0.3) is 90.2 Å². The molecule has 0 amide bonds. The maximum absolute atomic E-state index is 5.05. The SMILES string of the molecule is c1ccc(-c2nc(-c3ccccc3)nc(-c3ccc(-c4ccc5cc(-c6cc(-c7ccccn7)nc(-c7ccccn7)c6)ccc5n4)cc3)n2)cc1. The molecular formula is C45H29N7. The zero-order valence-electron chi connectivity index (χ0n) is 27.9. The fraction of sp³-hybridized carbons (Fsp3) is 0. The summed E-state index contributed by atoms with van der Waals surface area (Å²) in [5.41, 5.74) is 10.9. The molecule has 5 aromatic heterocycles. The first-order chi connectivity index (χ1) is 25.7. The summed E-state index contributed by atoms with van der Waals surface area (Å²) in [6.07, 6.45) is 3.57. The summed E-state index contributed by atoms with van der Waals surface area (Å²) in [6, 6.07) is 54.6. The number of hydrogen-bond donors (Lipinski definition) is 0. The maximum Gasteiger partial charge on any atom is 0.164 e. The van der Waals surface area contributed by atoms with Gasteiger partial charge in [0.2, 0.25) is 0 Å². The quantitative estimate of drug-likeness (QED) is 0.167. The van der Waals surface area contributed by atoms with Gasteiger partial charge < -0.3 is 0 Å². The zero-order valence-corrected chi connectivity index (χ0v) is 27.9. The van der Waals surface area contributed by atoms with E-state index in [2.05, 4.69) is 64.6 Å². The smallest absolute Gasteiger partial charge is 0.164 e. The van der Waals surface area contributed by atoms with E-state index in [4.69, 9.17) is 24.9 Å². The van der Waals surface area contributed by atoms with Crippen LogP contribution in [-0.2, 0) is 0 Å². The molecule has 5 heterocycles. The summed E-state index contributed by atoms with van der Waals surface area (Å²) >= 11 is 0. The molecule has 0 saturated carbocycles. The molecule has 0 atom stereocenters. The van der Waals surface area contributed by atoms with E-state index in [0.717, 1.165) is 72.8 Å². The van der Waals surface area contributed by atoms with Crippen LogP contribution in [0, 0.1) is 0 Å². The van der Waals surface area contributed by atoms with Gasteiger partial charge in [-0.3, -0.25) is 9.97 Å². The monoisotopic (exact) mass is 667 g/mol. The summed E-state index contributed by atoms with van der Waals surface area (Å²) in [4.78, 5) is 33.6. The van der Waals surface area contributed by atoms with Crippen LogP contribution in [0.2, 0.25) is 0 Å². The van der Waals surface area contributed by atoms with Gasteiger partial charge in [-0.15, -0.1) is 0 Å². The van der Waals surface area contributed by atoms with Crippen molar-refractivity contribution in [1.29, 1.82) is 0 Å². The first-order valence-corrected chi connectivity index (χ1v) is 17.0. The fourth-order valence-electron chi connectivity index (χ4n) is 6.18. The molecular weight excluding hydrogens is 639 g/mol. The van der Waals surface area contributed by atoms with Crippen molar-refractivity contribution < 1.29 is 0 Å². The Balaban J connectivity index is 1.04. The lowest BCUT2D eigenvalue weighted by molar-refractivity contribution is 1.07. The molecule has 52 heavy (non-hydrogen) atoms. The first kappa shape index (κ1) is 30.8. The molecule has 244 valence electrons. The third kappa shape index (κ3) is 6.30. The minimum absolute atomic E-state index is 0.617. The van der Waals surface area contributed by atoms with Crippen molar-refractivity contribution in [3.05, 3.63) is 176 Å². The van der Waals surface area contributed by atoms with E-state index in [9.17, 15) is 0 Å². The van der Waals surface area contributed by atoms with E-state index < -0.39 is 0 Å². The van der Waals surface area contributed by atoms with E-state index in [1.54, 1.807) is 12.4 Å². The molecule has 0 aliphatic rings. The molecule has 4 aromatic carbocycles. The highest BCUT2D eigenvalue weighted by Crippen LogP contribution is 2.32. The Bertz CT molecular complexity index is 2530. The number of aromatic nitrogens is 7. The van der Waals surface area contributed by atoms with Gasteiger partial charge in [0.25, 0.3) is 0 Å². The largest absolute Gasteiger partial charge is 0.255 e. The summed E-state index contributed by atoms with van der Waals surface area (Å²) in [7, 11) is 0. The van der Waals surface area contributed by atoms with E-state index in [1.807, 2.05) is 109 Å². The molecule has 0 unspecified atom stereocenters. The molecule has 9 rings (SSSR count). The Labute approximate surface area is 300 Å². The van der Waals surface area contributed by atoms with Crippen LogP contribution < -0.4 is 0 Å². The van der Waals surface area contributed by atoms with Crippen molar-refractivity contribution in [3.63, 3.8) is 0 Å². The lowest BCUT2D eigenvalue weighted by Crippen LogP contribution is -2.00. The minimum Gasteiger partial charge on any atom is -0.255 e. The molecule has 7 nitrogen and oxygen atoms in total. The van der Waals surface area contributed by atoms with Gasteiger partial charge in [0, 0.05) is 40.0 Å². The van der Waals surface area contributed by atoms with Gasteiger partial charge in [-0.05, 0) is 65.7 Å². The number of benzene rings is 4. The van der Waals surface area contributed by atoms with Crippen molar-refractivity contribution in [2.45, 2.75) is 0 Å². The third-order valence-electron chi connectivity index (χ3n) is 8.84. The van der Waals surface area contributed by atoms with Gasteiger partial charge in [-0.1, -0.05) is 109 Å². The van der Waals surface area contributed by atoms with E-state index >= 15 is 0 Å². The predicted molar refractivity (Wildman–Crippen MR) is 207 cm³/mol. The molecule has 0 aliphatic heterocycles. The van der Waals surface area contributed by atoms with Crippen molar-refractivity contribution >= 4 is 10.9 Å². The fourth-order valence-corrected chi connectivity index (χ4v) is 6.18. The van der Waals surface area contributed by atoms with Gasteiger partial charge in [0.1, 0.15) is 0 Å². The van der Waals surface area contributed by atoms with Crippen LogP contribution >= 0.6 is 0 Å². The molecule has 0 N–H and O–H groups in total. The Hall–Kier alpha value is -7.25. The van der Waals surface area contributed by atoms with E-state index in [-0.39, 0.29) is 0 Å². The van der Waals surface area contributed by atoms with Gasteiger partial charge in [-0.25, -0.2) is 24.9 Å². The van der Waals surface area contributed by atoms with Crippen molar-refractivity contribution in [3.8, 4) is 79.3 Å². The highest BCUT2D eigenvalue weighted by Gasteiger charge is 2.14. The minimum atomic E-state index is 0.617. The maximum atomic E-state index is 5.05. The number of rotatable bonds is 7. The Morgan fingerprint density at radius 3 is 1.31 bits per heavy atom. The van der Waals surface area contributed by atoms with Crippen LogP contribution in [-0.4, -0.2) is 34.9 Å². The normalized spacial score (nSPS) is 11.1. The van der Waals surface area contributed by atoms with Gasteiger partial charge in [0.15, 0.2) is 17.5 Å². The summed E-state index contributed by atoms with van der Waals surface area (Å²) in [5.74, 6) is 1.89. The molecule has 0 fully saturated rings. The zero-order chi connectivity index (χ0) is 34.7. The number of nitrogens with zero attached hydrogens (tertiary/aromatic N) is 7. The van der Waals surface area contributed by atoms with Crippen LogP contribution in [0.5, 0.6) is 0 Å². The Morgan fingerprint density at radius 1 is 0.269 bits per heavy atom. The van der Waals surface area contributed by atoms with Gasteiger partial charge in [0.05, 0.1) is 34.0 Å². The predicted octanol–water partition coefficient (Wildman–Crippen LogP) is 10.3. The standard InChI is InChI=1S/C45H29N7/c1-3-11-31(12-4-1)43-50-44(32-13-5-2-6-14-32)52-45(51-43)33-19-17-30(18-20-33)37-24-22-35-27-34(21-23-38(35)48-37)36-28-41(39-15-7-9-25-46-39)49-42(29-36)40-16-8-10-26-47-40/h1-29H. The Morgan fingerprint density at radius 2 is 0.769 bits per heavy atom. The summed E-state index contributed by atoms with van der Waals surface area (Å²) in [6.45, 7) is 0. The number of pyridine rings is 4. The van der Waals surface area contributed by atoms with Crippen LogP contribution in [0.3, 0.4) is 0 Å². The van der Waals surface area contributed by atoms with Crippen molar-refractivity contribution in [2.75, 3.05) is 0 Å². The topological polar surface area (TPSA) is 90.2 Å². The van der Waals surface area contributed by atoms with Crippen LogP contribution in [0.15, 0.2) is 176 Å². The number of fused-ring (bicyclic) bond motifs is 1. The van der Waals surface area contributed by atoms with Crippen LogP contribution in [0.1, 0.15) is 0 Å². The van der Waals surface area contributed by atoms with Crippen molar-refractivity contribution in [1.82, 2.24) is 34.9 Å². The lowest BCUT2D eigenvalue weighted by Gasteiger charge is -2.11. The highest BCUT2D eigenvalue weighted by molar-refractivity contribution is 5.87. The molecule has 0 bridgehead atoms. The number of hydrogen-bond acceptors (Lipinski definition) is 7. The molecule has 0 radical (unpaired) electrons. The third-order valence-corrected chi connectivity index (χ3v) is 8.84. The lowest BCUT2D eigenvalue weighted by atomic mass is 10.00. The molecule has 0 saturated heterocycles. The molecule has 9 aromatic rings. The molecule has 0 spiro atoms. The van der Waals surface area contributed by atoms with Crippen LogP contribution in [0.4, 0.5) is 0 Å². The molecule has 7 heteroatoms. The second kappa shape index (κ2) is 13.6. The second-order valence-electron chi connectivity index (χ2n) is 12.3. The summed E-state index contributed by atoms with van der Waals surface area (Å²) < 4.78 is 0. The Kier molecular flexibility index (Phi) is 8.04. The second-order valence-corrected chi connectivity index (χ2v) is 12.3. The molecule has 0 aliphatic carbocycles. The highest BCUT2D eigenvalue weighted by atomic mass is 15.0. The van der Waals surface area contributed by atoms with Gasteiger partial charge >= 0.3 is 0 Å². The van der Waals surface area contributed by atoms with E-state index in [1.165, 1.54) is 0 Å². The van der Waals surface area contributed by atoms with E-state index in [0.29, 0.717) is 17.5 Å². The van der Waals surface area contributed by atoms with Crippen molar-refractivity contribution in [2.24, 2.45) is 0 Å². The first-order valence-electron chi connectivity index (χ1n) is 17.0. The average Bonchev–Trinajstić information content (AvgIpc) is 3.24. The van der Waals surface area contributed by atoms with Gasteiger partial charge in [-0.2, -0.15) is 0 Å². The average molecular weight is 668 g/mol. The summed E-state index contributed by atoms with van der Waals surface area (Å²) in [5, 5.41) is 1.04.